The van der Waals surface area contributed by atoms with E-state index >= 15 is 0 Å². The van der Waals surface area contributed by atoms with Gasteiger partial charge in [-0.25, -0.2) is 13.1 Å². The number of H-pyrrole nitrogens is 1. The van der Waals surface area contributed by atoms with Gasteiger partial charge in [0.15, 0.2) is 5.03 Å². The number of rotatable bonds is 8. The largest absolute Gasteiger partial charge is 0.392 e. The van der Waals surface area contributed by atoms with Gasteiger partial charge in [0.1, 0.15) is 0 Å². The van der Waals surface area contributed by atoms with E-state index in [4.69, 9.17) is 5.11 Å². The summed E-state index contributed by atoms with van der Waals surface area (Å²) in [5.41, 5.74) is 0.274. The lowest BCUT2D eigenvalue weighted by Gasteiger charge is -2.09. The molecule has 0 unspecified atom stereocenters. The molecular weight excluding hydrogens is 256 g/mol. The van der Waals surface area contributed by atoms with Gasteiger partial charge in [-0.1, -0.05) is 0 Å². The van der Waals surface area contributed by atoms with E-state index in [1.54, 1.807) is 0 Å². The second kappa shape index (κ2) is 6.83. The second-order valence-corrected chi connectivity index (χ2v) is 5.99. The third-order valence-electron chi connectivity index (χ3n) is 2.44. The Balaban J connectivity index is 2.46. The number of aliphatic hydroxyl groups excluding tert-OH is 1. The number of nitrogens with zero attached hydrogens (tertiary/aromatic N) is 2. The lowest BCUT2D eigenvalue weighted by atomic mass is 10.3. The molecule has 8 heteroatoms. The first-order valence-corrected chi connectivity index (χ1v) is 7.23. The first-order valence-electron chi connectivity index (χ1n) is 5.75. The highest BCUT2D eigenvalue weighted by Crippen LogP contribution is 2.11. The van der Waals surface area contributed by atoms with E-state index in [2.05, 4.69) is 14.9 Å². The highest BCUT2D eigenvalue weighted by Gasteiger charge is 2.19. The molecule has 1 heterocycles. The molecule has 0 fully saturated rings. The average Bonchev–Trinajstić information content (AvgIpc) is 2.76. The number of nitrogens with one attached hydrogen (secondary N) is 2. The van der Waals surface area contributed by atoms with Gasteiger partial charge in [-0.05, 0) is 33.5 Å². The van der Waals surface area contributed by atoms with Crippen LogP contribution in [0.25, 0.3) is 0 Å². The van der Waals surface area contributed by atoms with Crippen LogP contribution in [0.4, 0.5) is 0 Å². The van der Waals surface area contributed by atoms with Crippen molar-refractivity contribution in [1.29, 1.82) is 0 Å². The van der Waals surface area contributed by atoms with Crippen molar-refractivity contribution < 1.29 is 13.5 Å². The Bertz CT molecular complexity index is 455. The smallest absolute Gasteiger partial charge is 0.257 e. The van der Waals surface area contributed by atoms with E-state index < -0.39 is 10.0 Å². The lowest BCUT2D eigenvalue weighted by molar-refractivity contribution is 0.278. The van der Waals surface area contributed by atoms with Crippen LogP contribution in [0.2, 0.25) is 0 Å². The summed E-state index contributed by atoms with van der Waals surface area (Å²) < 4.78 is 26.2. The summed E-state index contributed by atoms with van der Waals surface area (Å²) in [4.78, 5) is 2.05. The standard InChI is InChI=1S/C10H20N4O3S/c1-14(2)6-4-3-5-12-18(16,17)10-9(8-15)7-11-13-10/h7,12,15H,3-6,8H2,1-2H3,(H,11,13). The first-order chi connectivity index (χ1) is 8.47. The Labute approximate surface area is 107 Å². The monoisotopic (exact) mass is 276 g/mol. The summed E-state index contributed by atoms with van der Waals surface area (Å²) in [7, 11) is 0.347. The molecule has 0 saturated heterocycles. The minimum Gasteiger partial charge on any atom is -0.392 e. The van der Waals surface area contributed by atoms with Crippen LogP contribution < -0.4 is 4.72 Å². The molecule has 1 aromatic rings. The van der Waals surface area contributed by atoms with Crippen molar-refractivity contribution in [3.05, 3.63) is 11.8 Å². The van der Waals surface area contributed by atoms with E-state index in [-0.39, 0.29) is 17.2 Å². The van der Waals surface area contributed by atoms with E-state index in [1.165, 1.54) is 6.20 Å². The molecule has 0 aromatic carbocycles. The fourth-order valence-electron chi connectivity index (χ4n) is 1.48. The zero-order valence-electron chi connectivity index (χ0n) is 10.7. The molecule has 18 heavy (non-hydrogen) atoms. The Kier molecular flexibility index (Phi) is 5.73. The Morgan fingerprint density at radius 1 is 1.44 bits per heavy atom. The summed E-state index contributed by atoms with van der Waals surface area (Å²) in [6.45, 7) is 0.946. The molecule has 7 nitrogen and oxygen atoms in total. The fourth-order valence-corrected chi connectivity index (χ4v) is 2.67. The first kappa shape index (κ1) is 15.1. The maximum Gasteiger partial charge on any atom is 0.257 e. The molecule has 0 bridgehead atoms. The maximum atomic E-state index is 11.9. The molecule has 0 aliphatic carbocycles. The second-order valence-electron chi connectivity index (χ2n) is 4.29. The highest BCUT2D eigenvalue weighted by molar-refractivity contribution is 7.89. The Morgan fingerprint density at radius 3 is 2.78 bits per heavy atom. The van der Waals surface area contributed by atoms with E-state index in [0.717, 1.165) is 19.4 Å². The lowest BCUT2D eigenvalue weighted by Crippen LogP contribution is -2.26. The number of aliphatic hydroxyl groups is 1. The van der Waals surface area contributed by atoms with Gasteiger partial charge in [-0.2, -0.15) is 5.10 Å². The molecule has 0 saturated carbocycles. The van der Waals surface area contributed by atoms with Crippen LogP contribution in [0.3, 0.4) is 0 Å². The quantitative estimate of drug-likeness (QED) is 0.557. The summed E-state index contributed by atoms with van der Waals surface area (Å²) >= 11 is 0. The van der Waals surface area contributed by atoms with Gasteiger partial charge >= 0.3 is 0 Å². The molecule has 0 atom stereocenters. The molecule has 104 valence electrons. The molecule has 1 rings (SSSR count). The summed E-state index contributed by atoms with van der Waals surface area (Å²) in [5.74, 6) is 0. The van der Waals surface area contributed by atoms with E-state index in [9.17, 15) is 8.42 Å². The third-order valence-corrected chi connectivity index (χ3v) is 3.92. The molecule has 0 radical (unpaired) electrons. The minimum atomic E-state index is -3.60. The van der Waals surface area contributed by atoms with Crippen LogP contribution in [0.15, 0.2) is 11.2 Å². The summed E-state index contributed by atoms with van der Waals surface area (Å²) in [6.07, 6.45) is 2.99. The number of sulfonamides is 1. The maximum absolute atomic E-state index is 11.9. The average molecular weight is 276 g/mol. The number of unbranched alkanes of at least 4 members (excludes halogenated alkanes) is 1. The van der Waals surface area contributed by atoms with Crippen LogP contribution in [0.1, 0.15) is 18.4 Å². The van der Waals surface area contributed by atoms with Crippen molar-refractivity contribution in [1.82, 2.24) is 19.8 Å². The zero-order valence-corrected chi connectivity index (χ0v) is 11.5. The van der Waals surface area contributed by atoms with Gasteiger partial charge in [0, 0.05) is 12.1 Å². The third kappa shape index (κ3) is 4.37. The van der Waals surface area contributed by atoms with Crippen molar-refractivity contribution in [2.45, 2.75) is 24.5 Å². The van der Waals surface area contributed by atoms with Crippen molar-refractivity contribution >= 4 is 10.0 Å². The van der Waals surface area contributed by atoms with E-state index in [0.29, 0.717) is 6.54 Å². The van der Waals surface area contributed by atoms with E-state index in [1.807, 2.05) is 19.0 Å². The molecule has 0 aliphatic rings. The SMILES string of the molecule is CN(C)CCCCNS(=O)(=O)c1[nH]ncc1CO. The number of hydrogen-bond donors (Lipinski definition) is 3. The highest BCUT2D eigenvalue weighted by atomic mass is 32.2. The Morgan fingerprint density at radius 2 is 2.17 bits per heavy atom. The number of aromatic amines is 1. The number of hydrogen-bond acceptors (Lipinski definition) is 5. The summed E-state index contributed by atoms with van der Waals surface area (Å²) in [5, 5.41) is 14.9. The fraction of sp³-hybridized carbons (Fsp3) is 0.700. The van der Waals surface area contributed by atoms with Gasteiger partial charge in [0.2, 0.25) is 0 Å². The van der Waals surface area contributed by atoms with Crippen LogP contribution in [0.5, 0.6) is 0 Å². The molecule has 0 amide bonds. The van der Waals surface area contributed by atoms with Crippen molar-refractivity contribution in [2.75, 3.05) is 27.2 Å². The van der Waals surface area contributed by atoms with Crippen molar-refractivity contribution in [2.24, 2.45) is 0 Å². The number of aromatic nitrogens is 2. The molecule has 3 N–H and O–H groups in total. The normalized spacial score (nSPS) is 12.2. The van der Waals surface area contributed by atoms with Crippen LogP contribution in [0, 0.1) is 0 Å². The molecule has 0 spiro atoms. The molecular formula is C10H20N4O3S. The predicted molar refractivity (Wildman–Crippen MR) is 67.5 cm³/mol. The van der Waals surface area contributed by atoms with Crippen LogP contribution in [-0.2, 0) is 16.6 Å². The van der Waals surface area contributed by atoms with Crippen molar-refractivity contribution in [3.63, 3.8) is 0 Å². The van der Waals surface area contributed by atoms with Gasteiger partial charge < -0.3 is 10.0 Å². The topological polar surface area (TPSA) is 98.3 Å². The predicted octanol–water partition coefficient (Wildman–Crippen LogP) is -0.478. The van der Waals surface area contributed by atoms with Gasteiger partial charge in [0.25, 0.3) is 10.0 Å². The zero-order chi connectivity index (χ0) is 13.6. The van der Waals surface area contributed by atoms with Gasteiger partial charge in [0.05, 0.1) is 12.8 Å². The van der Waals surface area contributed by atoms with Gasteiger partial charge in [-0.3, -0.25) is 5.10 Å². The molecule has 1 aromatic heterocycles. The minimum absolute atomic E-state index is 0.0578. The van der Waals surface area contributed by atoms with Crippen molar-refractivity contribution in [3.8, 4) is 0 Å². The summed E-state index contributed by atoms with van der Waals surface area (Å²) in [6, 6.07) is 0. The van der Waals surface area contributed by atoms with Crippen LogP contribution in [-0.4, -0.2) is 55.8 Å². The van der Waals surface area contributed by atoms with Crippen LogP contribution >= 0.6 is 0 Å². The Hall–Kier alpha value is -0.960. The molecule has 0 aliphatic heterocycles. The van der Waals surface area contributed by atoms with Gasteiger partial charge in [-0.15, -0.1) is 0 Å².